The largest absolute Gasteiger partial charge is 0.441 e. The second-order valence-electron chi connectivity index (χ2n) is 4.91. The number of oxazole rings is 1. The van der Waals surface area contributed by atoms with Crippen molar-refractivity contribution in [2.24, 2.45) is 7.05 Å². The molecule has 112 valence electrons. The summed E-state index contributed by atoms with van der Waals surface area (Å²) in [6.45, 7) is 0. The Labute approximate surface area is 127 Å². The zero-order valence-electron chi connectivity index (χ0n) is 12.2. The first-order valence-corrected chi connectivity index (χ1v) is 7.00. The number of amides is 1. The molecule has 6 nitrogen and oxygen atoms in total. The highest BCUT2D eigenvalue weighted by Gasteiger charge is 2.09. The van der Waals surface area contributed by atoms with Crippen molar-refractivity contribution in [3.63, 3.8) is 0 Å². The van der Waals surface area contributed by atoms with E-state index in [1.54, 1.807) is 30.2 Å². The van der Waals surface area contributed by atoms with Gasteiger partial charge >= 0.3 is 0 Å². The molecule has 0 bridgehead atoms. The summed E-state index contributed by atoms with van der Waals surface area (Å²) in [7, 11) is 1.80. The molecule has 0 aliphatic rings. The molecule has 0 atom stereocenters. The molecule has 2 heterocycles. The van der Waals surface area contributed by atoms with Gasteiger partial charge in [0.2, 0.25) is 5.91 Å². The lowest BCUT2D eigenvalue weighted by Crippen LogP contribution is -2.13. The van der Waals surface area contributed by atoms with E-state index in [2.05, 4.69) is 15.4 Å². The Morgan fingerprint density at radius 2 is 2.09 bits per heavy atom. The van der Waals surface area contributed by atoms with E-state index in [0.717, 1.165) is 5.56 Å². The van der Waals surface area contributed by atoms with E-state index in [1.165, 1.54) is 0 Å². The van der Waals surface area contributed by atoms with Gasteiger partial charge in [-0.25, -0.2) is 4.98 Å². The second-order valence-corrected chi connectivity index (χ2v) is 4.91. The van der Waals surface area contributed by atoms with Crippen LogP contribution in [0.1, 0.15) is 12.3 Å². The SMILES string of the molecule is Cn1ccc(NC(=O)CCc2ncc(-c3ccccc3)o2)n1. The van der Waals surface area contributed by atoms with Gasteiger partial charge in [0, 0.05) is 37.7 Å². The molecule has 0 fully saturated rings. The van der Waals surface area contributed by atoms with Crippen LogP contribution in [0.4, 0.5) is 5.82 Å². The number of carbonyl (C=O) groups excluding carboxylic acids is 1. The number of nitrogens with one attached hydrogen (secondary N) is 1. The van der Waals surface area contributed by atoms with Gasteiger partial charge in [-0.05, 0) is 0 Å². The van der Waals surface area contributed by atoms with Crippen molar-refractivity contribution in [1.82, 2.24) is 14.8 Å². The predicted molar refractivity (Wildman–Crippen MR) is 82.1 cm³/mol. The van der Waals surface area contributed by atoms with Gasteiger partial charge in [0.05, 0.1) is 6.20 Å². The fourth-order valence-corrected chi connectivity index (χ4v) is 2.07. The van der Waals surface area contributed by atoms with Crippen LogP contribution in [-0.2, 0) is 18.3 Å². The summed E-state index contributed by atoms with van der Waals surface area (Å²) in [4.78, 5) is 16.1. The van der Waals surface area contributed by atoms with Crippen LogP contribution in [0.2, 0.25) is 0 Å². The molecule has 0 unspecified atom stereocenters. The van der Waals surface area contributed by atoms with Crippen molar-refractivity contribution in [2.45, 2.75) is 12.8 Å². The van der Waals surface area contributed by atoms with Crippen LogP contribution in [-0.4, -0.2) is 20.7 Å². The van der Waals surface area contributed by atoms with Crippen LogP contribution in [0.5, 0.6) is 0 Å². The molecule has 6 heteroatoms. The number of benzene rings is 1. The van der Waals surface area contributed by atoms with E-state index in [0.29, 0.717) is 30.3 Å². The topological polar surface area (TPSA) is 73.0 Å². The van der Waals surface area contributed by atoms with Gasteiger partial charge in [0.15, 0.2) is 17.5 Å². The fraction of sp³-hybridized carbons (Fsp3) is 0.188. The number of aromatic nitrogens is 3. The fourth-order valence-electron chi connectivity index (χ4n) is 2.07. The van der Waals surface area contributed by atoms with Crippen molar-refractivity contribution >= 4 is 11.7 Å². The maximum Gasteiger partial charge on any atom is 0.226 e. The molecule has 1 aromatic carbocycles. The molecule has 0 aliphatic heterocycles. The van der Waals surface area contributed by atoms with Crippen LogP contribution in [0.3, 0.4) is 0 Å². The monoisotopic (exact) mass is 296 g/mol. The van der Waals surface area contributed by atoms with Crippen LogP contribution in [0, 0.1) is 0 Å². The summed E-state index contributed by atoms with van der Waals surface area (Å²) < 4.78 is 7.30. The highest BCUT2D eigenvalue weighted by molar-refractivity contribution is 5.89. The van der Waals surface area contributed by atoms with E-state index >= 15 is 0 Å². The molecule has 3 aromatic rings. The highest BCUT2D eigenvalue weighted by atomic mass is 16.4. The number of nitrogens with zero attached hydrogens (tertiary/aromatic N) is 3. The minimum absolute atomic E-state index is 0.113. The van der Waals surface area contributed by atoms with Crippen molar-refractivity contribution in [1.29, 1.82) is 0 Å². The normalized spacial score (nSPS) is 10.6. The quantitative estimate of drug-likeness (QED) is 0.785. The highest BCUT2D eigenvalue weighted by Crippen LogP contribution is 2.20. The predicted octanol–water partition coefficient (Wildman–Crippen LogP) is 2.65. The van der Waals surface area contributed by atoms with Crippen molar-refractivity contribution in [3.8, 4) is 11.3 Å². The molecule has 3 rings (SSSR count). The lowest BCUT2D eigenvalue weighted by molar-refractivity contribution is -0.116. The minimum atomic E-state index is -0.113. The molecule has 1 N–H and O–H groups in total. The van der Waals surface area contributed by atoms with Gasteiger partial charge < -0.3 is 9.73 Å². The van der Waals surface area contributed by atoms with Gasteiger partial charge in [-0.2, -0.15) is 5.10 Å². The van der Waals surface area contributed by atoms with E-state index in [-0.39, 0.29) is 5.91 Å². The van der Waals surface area contributed by atoms with E-state index < -0.39 is 0 Å². The maximum absolute atomic E-state index is 11.8. The van der Waals surface area contributed by atoms with Gasteiger partial charge in [0.1, 0.15) is 0 Å². The molecule has 0 radical (unpaired) electrons. The van der Waals surface area contributed by atoms with E-state index in [1.807, 2.05) is 30.3 Å². The molecular weight excluding hydrogens is 280 g/mol. The summed E-state index contributed by atoms with van der Waals surface area (Å²) >= 11 is 0. The number of hydrogen-bond donors (Lipinski definition) is 1. The Bertz CT molecular complexity index is 761. The molecule has 1 amide bonds. The molecule has 0 aliphatic carbocycles. The second kappa shape index (κ2) is 6.26. The lowest BCUT2D eigenvalue weighted by Gasteiger charge is -2.00. The Hall–Kier alpha value is -2.89. The first kappa shape index (κ1) is 14.1. The van der Waals surface area contributed by atoms with E-state index in [4.69, 9.17) is 4.42 Å². The van der Waals surface area contributed by atoms with Crippen LogP contribution in [0.15, 0.2) is 53.2 Å². The summed E-state index contributed by atoms with van der Waals surface area (Å²) in [5.41, 5.74) is 0.971. The molecule has 0 saturated heterocycles. The summed E-state index contributed by atoms with van der Waals surface area (Å²) in [6, 6.07) is 11.5. The lowest BCUT2D eigenvalue weighted by atomic mass is 10.2. The van der Waals surface area contributed by atoms with Gasteiger partial charge in [0.25, 0.3) is 0 Å². The van der Waals surface area contributed by atoms with E-state index in [9.17, 15) is 4.79 Å². The molecule has 2 aromatic heterocycles. The third-order valence-corrected chi connectivity index (χ3v) is 3.16. The standard InChI is InChI=1S/C16H16N4O2/c1-20-10-9-14(19-20)18-15(21)7-8-16-17-11-13(22-16)12-5-3-2-4-6-12/h2-6,9-11H,7-8H2,1H3,(H,18,19,21). The van der Waals surface area contributed by atoms with Crippen LogP contribution >= 0.6 is 0 Å². The molecular formula is C16H16N4O2. The third-order valence-electron chi connectivity index (χ3n) is 3.16. The van der Waals surface area contributed by atoms with Crippen LogP contribution < -0.4 is 5.32 Å². The summed E-state index contributed by atoms with van der Waals surface area (Å²) in [5, 5.41) is 6.83. The van der Waals surface area contributed by atoms with Gasteiger partial charge in [-0.15, -0.1) is 0 Å². The smallest absolute Gasteiger partial charge is 0.226 e. The molecule has 22 heavy (non-hydrogen) atoms. The Morgan fingerprint density at radius 1 is 1.27 bits per heavy atom. The zero-order chi connectivity index (χ0) is 15.4. The first-order chi connectivity index (χ1) is 10.7. The van der Waals surface area contributed by atoms with Crippen LogP contribution in [0.25, 0.3) is 11.3 Å². The number of hydrogen-bond acceptors (Lipinski definition) is 4. The average molecular weight is 296 g/mol. The molecule has 0 spiro atoms. The van der Waals surface area contributed by atoms with Gasteiger partial charge in [-0.3, -0.25) is 9.48 Å². The Morgan fingerprint density at radius 3 is 2.82 bits per heavy atom. The average Bonchev–Trinajstić information content (AvgIpc) is 3.15. The maximum atomic E-state index is 11.8. The number of carbonyl (C=O) groups is 1. The summed E-state index contributed by atoms with van der Waals surface area (Å²) in [6.07, 6.45) is 4.20. The van der Waals surface area contributed by atoms with Crippen molar-refractivity contribution < 1.29 is 9.21 Å². The minimum Gasteiger partial charge on any atom is -0.441 e. The summed E-state index contributed by atoms with van der Waals surface area (Å²) in [5.74, 6) is 1.69. The zero-order valence-corrected chi connectivity index (χ0v) is 12.2. The van der Waals surface area contributed by atoms with Crippen molar-refractivity contribution in [2.75, 3.05) is 5.32 Å². The number of anilines is 1. The number of rotatable bonds is 5. The third kappa shape index (κ3) is 3.41. The van der Waals surface area contributed by atoms with Gasteiger partial charge in [-0.1, -0.05) is 30.3 Å². The van der Waals surface area contributed by atoms with Crippen molar-refractivity contribution in [3.05, 3.63) is 54.7 Å². The first-order valence-electron chi connectivity index (χ1n) is 7.00. The Balaban J connectivity index is 1.56. The number of aryl methyl sites for hydroxylation is 2. The molecule has 0 saturated carbocycles. The Kier molecular flexibility index (Phi) is 4.00.